The molecule has 2 aromatic carbocycles. The molecule has 0 bridgehead atoms. The van der Waals surface area contributed by atoms with Gasteiger partial charge < -0.3 is 10.1 Å². The number of aromatic nitrogens is 6. The molecular formula is C20H20FN7O2. The fourth-order valence-corrected chi connectivity index (χ4v) is 3.08. The SMILES string of the molecule is CC(C)Oc1cccc2c1c(NC(=O)CCn1cnnn1)nn2-c1cccc(F)c1. The van der Waals surface area contributed by atoms with Crippen LogP contribution >= 0.6 is 0 Å². The Bertz CT molecular complexity index is 1170. The lowest BCUT2D eigenvalue weighted by Crippen LogP contribution is -2.15. The number of carbonyl (C=O) groups is 1. The van der Waals surface area contributed by atoms with E-state index in [2.05, 4.69) is 25.9 Å². The van der Waals surface area contributed by atoms with Gasteiger partial charge in [0.05, 0.1) is 29.2 Å². The summed E-state index contributed by atoms with van der Waals surface area (Å²) in [4.78, 5) is 12.5. The number of halogens is 1. The highest BCUT2D eigenvalue weighted by Gasteiger charge is 2.19. The van der Waals surface area contributed by atoms with E-state index in [0.29, 0.717) is 34.7 Å². The van der Waals surface area contributed by atoms with Gasteiger partial charge in [0.15, 0.2) is 5.82 Å². The Morgan fingerprint density at radius 1 is 1.23 bits per heavy atom. The van der Waals surface area contributed by atoms with Crippen molar-refractivity contribution in [3.63, 3.8) is 0 Å². The van der Waals surface area contributed by atoms with E-state index in [9.17, 15) is 9.18 Å². The second-order valence-corrected chi connectivity index (χ2v) is 6.93. The maximum absolute atomic E-state index is 13.8. The van der Waals surface area contributed by atoms with E-state index in [1.165, 1.54) is 23.1 Å². The van der Waals surface area contributed by atoms with Crippen LogP contribution in [0.4, 0.5) is 10.2 Å². The summed E-state index contributed by atoms with van der Waals surface area (Å²) in [5.41, 5.74) is 1.23. The van der Waals surface area contributed by atoms with Crippen LogP contribution in [0.15, 0.2) is 48.8 Å². The normalized spacial score (nSPS) is 11.2. The van der Waals surface area contributed by atoms with Crippen LogP contribution < -0.4 is 10.1 Å². The number of anilines is 1. The second-order valence-electron chi connectivity index (χ2n) is 6.93. The van der Waals surface area contributed by atoms with Crippen molar-refractivity contribution in [3.05, 3.63) is 54.6 Å². The zero-order valence-electron chi connectivity index (χ0n) is 16.5. The Morgan fingerprint density at radius 3 is 2.80 bits per heavy atom. The number of rotatable bonds is 7. The van der Waals surface area contributed by atoms with E-state index >= 15 is 0 Å². The standard InChI is InChI=1S/C20H20FN7O2/c1-13(2)30-17-8-4-7-16-19(17)20(23-18(29)9-10-27-12-22-25-26-27)24-28(16)15-6-3-5-14(21)11-15/h3-8,11-13H,9-10H2,1-2H3,(H,23,24,29). The predicted molar refractivity (Wildman–Crippen MR) is 108 cm³/mol. The predicted octanol–water partition coefficient (Wildman–Crippen LogP) is 2.97. The monoisotopic (exact) mass is 409 g/mol. The number of fused-ring (bicyclic) bond motifs is 1. The minimum Gasteiger partial charge on any atom is -0.490 e. The van der Waals surface area contributed by atoms with Gasteiger partial charge in [-0.2, -0.15) is 0 Å². The third-order valence-electron chi connectivity index (χ3n) is 4.30. The molecule has 1 N–H and O–H groups in total. The molecule has 0 aliphatic heterocycles. The first-order valence-corrected chi connectivity index (χ1v) is 9.46. The maximum atomic E-state index is 13.8. The van der Waals surface area contributed by atoms with Crippen LogP contribution in [0, 0.1) is 5.82 Å². The van der Waals surface area contributed by atoms with Gasteiger partial charge >= 0.3 is 0 Å². The molecule has 0 spiro atoms. The van der Waals surface area contributed by atoms with Gasteiger partial charge in [0, 0.05) is 6.42 Å². The molecular weight excluding hydrogens is 389 g/mol. The quantitative estimate of drug-likeness (QED) is 0.504. The molecule has 0 saturated carbocycles. The molecule has 0 unspecified atom stereocenters. The molecule has 0 aliphatic rings. The Labute approximate surface area is 171 Å². The third-order valence-corrected chi connectivity index (χ3v) is 4.30. The number of amides is 1. The molecule has 0 fully saturated rings. The Hall–Kier alpha value is -3.82. The lowest BCUT2D eigenvalue weighted by atomic mass is 10.2. The maximum Gasteiger partial charge on any atom is 0.227 e. The van der Waals surface area contributed by atoms with Crippen LogP contribution in [0.5, 0.6) is 5.75 Å². The van der Waals surface area contributed by atoms with Crippen molar-refractivity contribution in [2.45, 2.75) is 32.9 Å². The first kappa shape index (κ1) is 19.5. The van der Waals surface area contributed by atoms with Crippen LogP contribution in [0.3, 0.4) is 0 Å². The molecule has 154 valence electrons. The molecule has 2 aromatic heterocycles. The Balaban J connectivity index is 1.72. The summed E-state index contributed by atoms with van der Waals surface area (Å²) in [6, 6.07) is 11.6. The molecule has 1 amide bonds. The average molecular weight is 409 g/mol. The third kappa shape index (κ3) is 4.12. The molecule has 0 radical (unpaired) electrons. The summed E-state index contributed by atoms with van der Waals surface area (Å²) >= 11 is 0. The van der Waals surface area contributed by atoms with Crippen LogP contribution in [0.25, 0.3) is 16.6 Å². The lowest BCUT2D eigenvalue weighted by Gasteiger charge is -2.11. The van der Waals surface area contributed by atoms with E-state index in [1.807, 2.05) is 32.0 Å². The molecule has 0 saturated heterocycles. The van der Waals surface area contributed by atoms with Gasteiger partial charge in [-0.05, 0) is 54.6 Å². The van der Waals surface area contributed by atoms with Crippen LogP contribution in [0.2, 0.25) is 0 Å². The molecule has 4 aromatic rings. The van der Waals surface area contributed by atoms with E-state index in [0.717, 1.165) is 0 Å². The first-order valence-electron chi connectivity index (χ1n) is 9.46. The van der Waals surface area contributed by atoms with E-state index in [1.54, 1.807) is 16.8 Å². The molecule has 0 aliphatic carbocycles. The van der Waals surface area contributed by atoms with Crippen molar-refractivity contribution < 1.29 is 13.9 Å². The van der Waals surface area contributed by atoms with Crippen molar-refractivity contribution >= 4 is 22.6 Å². The Morgan fingerprint density at radius 2 is 2.07 bits per heavy atom. The molecule has 30 heavy (non-hydrogen) atoms. The smallest absolute Gasteiger partial charge is 0.227 e. The lowest BCUT2D eigenvalue weighted by molar-refractivity contribution is -0.116. The molecule has 2 heterocycles. The molecule has 4 rings (SSSR count). The number of tetrazole rings is 1. The highest BCUT2D eigenvalue weighted by Crippen LogP contribution is 2.34. The van der Waals surface area contributed by atoms with Gasteiger partial charge in [0.25, 0.3) is 0 Å². The van der Waals surface area contributed by atoms with Crippen LogP contribution in [-0.2, 0) is 11.3 Å². The highest BCUT2D eigenvalue weighted by molar-refractivity contribution is 6.03. The van der Waals surface area contributed by atoms with Crippen molar-refractivity contribution in [3.8, 4) is 11.4 Å². The zero-order chi connectivity index (χ0) is 21.1. The number of benzene rings is 2. The van der Waals surface area contributed by atoms with Gasteiger partial charge in [-0.15, -0.1) is 10.2 Å². The van der Waals surface area contributed by atoms with Crippen molar-refractivity contribution in [2.75, 3.05) is 5.32 Å². The summed E-state index contributed by atoms with van der Waals surface area (Å²) in [5, 5.41) is 18.9. The minimum absolute atomic E-state index is 0.0727. The minimum atomic E-state index is -0.377. The average Bonchev–Trinajstić information content (AvgIpc) is 3.35. The number of carbonyl (C=O) groups excluding carboxylic acids is 1. The largest absolute Gasteiger partial charge is 0.490 e. The number of ether oxygens (including phenoxy) is 1. The highest BCUT2D eigenvalue weighted by atomic mass is 19.1. The Kier molecular flexibility index (Phi) is 5.38. The van der Waals surface area contributed by atoms with E-state index in [4.69, 9.17) is 4.74 Å². The van der Waals surface area contributed by atoms with Gasteiger partial charge in [0.1, 0.15) is 17.9 Å². The van der Waals surface area contributed by atoms with Crippen LogP contribution in [-0.4, -0.2) is 42.0 Å². The van der Waals surface area contributed by atoms with E-state index in [-0.39, 0.29) is 24.2 Å². The van der Waals surface area contributed by atoms with Gasteiger partial charge in [0.2, 0.25) is 5.91 Å². The zero-order valence-corrected chi connectivity index (χ0v) is 16.5. The van der Waals surface area contributed by atoms with Gasteiger partial charge in [-0.25, -0.2) is 13.8 Å². The first-order chi connectivity index (χ1) is 14.5. The topological polar surface area (TPSA) is 99.8 Å². The molecule has 0 atom stereocenters. The summed E-state index contributed by atoms with van der Waals surface area (Å²) in [6.45, 7) is 4.16. The van der Waals surface area contributed by atoms with Crippen molar-refractivity contribution in [1.82, 2.24) is 30.0 Å². The summed E-state index contributed by atoms with van der Waals surface area (Å²) in [6.07, 6.45) is 1.53. The van der Waals surface area contributed by atoms with Gasteiger partial charge in [-0.1, -0.05) is 12.1 Å². The van der Waals surface area contributed by atoms with Crippen molar-refractivity contribution in [1.29, 1.82) is 0 Å². The van der Waals surface area contributed by atoms with Gasteiger partial charge in [-0.3, -0.25) is 4.79 Å². The van der Waals surface area contributed by atoms with E-state index < -0.39 is 0 Å². The fraction of sp³-hybridized carbons (Fsp3) is 0.250. The summed E-state index contributed by atoms with van der Waals surface area (Å²) in [7, 11) is 0. The number of hydrogen-bond donors (Lipinski definition) is 1. The molecule has 10 heteroatoms. The summed E-state index contributed by atoms with van der Waals surface area (Å²) < 4.78 is 22.8. The fourth-order valence-electron chi connectivity index (χ4n) is 3.08. The van der Waals surface area contributed by atoms with Crippen molar-refractivity contribution in [2.24, 2.45) is 0 Å². The number of hydrogen-bond acceptors (Lipinski definition) is 6. The molecule has 9 nitrogen and oxygen atoms in total. The van der Waals surface area contributed by atoms with Crippen LogP contribution in [0.1, 0.15) is 20.3 Å². The number of nitrogens with zero attached hydrogens (tertiary/aromatic N) is 6. The number of nitrogens with one attached hydrogen (secondary N) is 1. The summed E-state index contributed by atoms with van der Waals surface area (Å²) in [5.74, 6) is 0.293. The second kappa shape index (κ2) is 8.27. The number of aryl methyl sites for hydroxylation is 1.